The van der Waals surface area contributed by atoms with Crippen molar-refractivity contribution in [1.82, 2.24) is 15.0 Å². The molecule has 230 valence electrons. The van der Waals surface area contributed by atoms with Gasteiger partial charge in [-0.25, -0.2) is 0 Å². The number of anilines is 1. The van der Waals surface area contributed by atoms with Crippen molar-refractivity contribution in [2.24, 2.45) is 5.92 Å². The van der Waals surface area contributed by atoms with E-state index >= 15 is 4.11 Å². The van der Waals surface area contributed by atoms with Gasteiger partial charge in [-0.2, -0.15) is 0 Å². The smallest absolute Gasteiger partial charge is 0.264 e. The van der Waals surface area contributed by atoms with Gasteiger partial charge in [0.15, 0.2) is 5.60 Å². The van der Waals surface area contributed by atoms with Gasteiger partial charge in [0.25, 0.3) is 5.91 Å². The lowest BCUT2D eigenvalue weighted by molar-refractivity contribution is -0.146. The number of aryl methyl sites for hydroxylation is 1. The number of halogens is 3. The lowest BCUT2D eigenvalue weighted by atomic mass is 9.82. The van der Waals surface area contributed by atoms with Crippen LogP contribution in [0, 0.1) is 13.1 Å². The highest BCUT2D eigenvalue weighted by Crippen LogP contribution is 2.60. The Balaban J connectivity index is 1.30. The summed E-state index contributed by atoms with van der Waals surface area (Å²) in [6.45, 7) is 6.23. The molecule has 1 aromatic heterocycles. The third-order valence-corrected chi connectivity index (χ3v) is 13.0. The topological polar surface area (TPSA) is 80.5 Å². The number of ether oxygens (including phenoxy) is 1. The van der Waals surface area contributed by atoms with Crippen molar-refractivity contribution in [2.45, 2.75) is 62.7 Å². The number of fused-ring (bicyclic) bond motifs is 2. The van der Waals surface area contributed by atoms with Gasteiger partial charge in [0.05, 0.1) is 36.6 Å². The van der Waals surface area contributed by atoms with Gasteiger partial charge in [-0.1, -0.05) is 54.6 Å². The molecule has 0 radical (unpaired) electrons. The summed E-state index contributed by atoms with van der Waals surface area (Å²) in [6.07, 6.45) is 1.86. The first kappa shape index (κ1) is 31.8. The molecule has 3 aromatic carbocycles. The predicted molar refractivity (Wildman–Crippen MR) is 188 cm³/mol. The Morgan fingerprint density at radius 1 is 1.07 bits per heavy atom. The predicted octanol–water partition coefficient (Wildman–Crippen LogP) is 7.02. The number of carbonyl (C=O) groups excluding carboxylic acids is 1. The maximum absolute atomic E-state index is 16.2. The first-order chi connectivity index (χ1) is 21.0. The fourth-order valence-corrected chi connectivity index (χ4v) is 10.5. The number of nitrogens with zero attached hydrogens (tertiary/aromatic N) is 4. The molecule has 44 heavy (non-hydrogen) atoms. The maximum Gasteiger partial charge on any atom is 0.264 e. The number of aliphatic hydroxyl groups excluding tert-OH is 1. The Kier molecular flexibility index (Phi) is 9.05. The van der Waals surface area contributed by atoms with Crippen molar-refractivity contribution in [3.8, 4) is 0 Å². The number of aliphatic hydroxyl groups is 1. The zero-order valence-corrected chi connectivity index (χ0v) is 30.1. The first-order valence-electron chi connectivity index (χ1n) is 14.8. The number of hydrogen-bond acceptors (Lipinski definition) is 5. The number of aromatic nitrogens is 3. The molecule has 1 N–H and O–H groups in total. The van der Waals surface area contributed by atoms with Crippen molar-refractivity contribution in [1.29, 1.82) is 0 Å². The fraction of sp³-hybridized carbons (Fsp3) is 0.364. The molecule has 1 spiro atoms. The lowest BCUT2D eigenvalue weighted by Gasteiger charge is -2.31. The number of rotatable bonds is 9. The average molecular weight is 837 g/mol. The molecule has 5 atom stereocenters. The molecule has 1 fully saturated rings. The second-order valence-corrected chi connectivity index (χ2v) is 18.6. The Morgan fingerprint density at radius 2 is 1.77 bits per heavy atom. The van der Waals surface area contributed by atoms with Crippen molar-refractivity contribution in [3.05, 3.63) is 109 Å². The molecule has 0 aliphatic carbocycles. The average Bonchev–Trinajstić information content (AvgIpc) is 3.64. The van der Waals surface area contributed by atoms with E-state index in [0.29, 0.717) is 25.2 Å². The molecule has 0 bridgehead atoms. The van der Waals surface area contributed by atoms with Gasteiger partial charge >= 0.3 is 0 Å². The van der Waals surface area contributed by atoms with Crippen LogP contribution < -0.4 is 4.90 Å². The van der Waals surface area contributed by atoms with Crippen molar-refractivity contribution < 1.29 is 18.7 Å². The molecule has 2 aliphatic heterocycles. The zero-order valence-electron chi connectivity index (χ0n) is 24.8. The van der Waals surface area contributed by atoms with Crippen LogP contribution >= 0.6 is 45.2 Å². The third-order valence-electron chi connectivity index (χ3n) is 9.12. The molecule has 11 heteroatoms. The minimum atomic E-state index is -3.29. The Hall–Kier alpha value is -2.20. The molecule has 1 unspecified atom stereocenters. The highest BCUT2D eigenvalue weighted by atomic mass is 127. The van der Waals surface area contributed by atoms with Gasteiger partial charge in [0, 0.05) is 36.9 Å². The van der Waals surface area contributed by atoms with Gasteiger partial charge in [-0.3, -0.25) is 9.48 Å². The second kappa shape index (κ2) is 12.5. The van der Waals surface area contributed by atoms with Crippen LogP contribution in [0.25, 0.3) is 0 Å². The minimum absolute atomic E-state index is 0.0861. The Labute approximate surface area is 285 Å². The molecule has 7 nitrogen and oxygen atoms in total. The van der Waals surface area contributed by atoms with Crippen LogP contribution in [-0.4, -0.2) is 47.1 Å². The molecular weight excluding hydrogens is 801 g/mol. The molecule has 1 amide bonds. The summed E-state index contributed by atoms with van der Waals surface area (Å²) in [7, 11) is -3.29. The van der Waals surface area contributed by atoms with Crippen LogP contribution in [0.5, 0.6) is 0 Å². The van der Waals surface area contributed by atoms with Crippen LogP contribution in [0.1, 0.15) is 41.6 Å². The van der Waals surface area contributed by atoms with E-state index in [0.717, 1.165) is 29.5 Å². The van der Waals surface area contributed by atoms with Gasteiger partial charge in [-0.05, 0) is 106 Å². The minimum Gasteiger partial charge on any atom is -0.395 e. The highest BCUT2D eigenvalue weighted by molar-refractivity contribution is 14.1. The van der Waals surface area contributed by atoms with Crippen LogP contribution in [0.15, 0.2) is 79.0 Å². The number of carbonyl (C=O) groups is 1. The molecule has 0 saturated carbocycles. The van der Waals surface area contributed by atoms with Gasteiger partial charge in [0.1, 0.15) is 0 Å². The van der Waals surface area contributed by atoms with Gasteiger partial charge < -0.3 is 18.9 Å². The van der Waals surface area contributed by atoms with E-state index in [4.69, 9.17) is 4.74 Å². The summed E-state index contributed by atoms with van der Waals surface area (Å²) in [5.41, 5.74) is 2.67. The summed E-state index contributed by atoms with van der Waals surface area (Å²) in [6, 6.07) is 23.9. The van der Waals surface area contributed by atoms with E-state index in [1.54, 1.807) is 17.8 Å². The summed E-state index contributed by atoms with van der Waals surface area (Å²) in [5, 5.41) is 18.8. The second-order valence-electron chi connectivity index (χ2n) is 12.3. The first-order valence-corrected chi connectivity index (χ1v) is 19.9. The normalized spacial score (nSPS) is 23.8. The van der Waals surface area contributed by atoms with Crippen LogP contribution in [0.2, 0.25) is 18.6 Å². The van der Waals surface area contributed by atoms with Crippen LogP contribution in [0.4, 0.5) is 9.80 Å². The summed E-state index contributed by atoms with van der Waals surface area (Å²) in [5.74, 6) is -0.758. The Bertz CT molecular complexity index is 1650. The number of amides is 1. The number of benzene rings is 3. The van der Waals surface area contributed by atoms with E-state index in [2.05, 4.69) is 55.5 Å². The third kappa shape index (κ3) is 5.78. The molecule has 6 rings (SSSR count). The van der Waals surface area contributed by atoms with Crippen LogP contribution in [-0.2, 0) is 28.2 Å². The quantitative estimate of drug-likeness (QED) is 0.111. The maximum atomic E-state index is 16.2. The van der Waals surface area contributed by atoms with E-state index in [1.165, 1.54) is 0 Å². The standard InChI is InChI=1S/C33H35FI2N4O3Si/c1-21-31(44(2,3)34)30(15-16-39-19-28(37-38-39)26(20-41)23-7-5-4-6-8-23)43-33(21)27-17-25(36)13-14-29(27)40(32(33)42)18-22-9-11-24(35)12-10-22/h4-14,17,19,21,26,30-31,41H,15-16,18,20H2,1-3H3/t21-,26?,30+,31-,33+/m1/s1. The van der Waals surface area contributed by atoms with Crippen LogP contribution in [0.3, 0.4) is 0 Å². The van der Waals surface area contributed by atoms with E-state index in [9.17, 15) is 9.90 Å². The molecular formula is C33H35FI2N4O3Si. The lowest BCUT2D eigenvalue weighted by Crippen LogP contribution is -2.45. The SMILES string of the molecule is C[C@@H]1[C@@H]([Si](C)(C)F)[C@H](CCn2cc(C(CO)c3ccccc3)nn2)O[C@@]12C(=O)N(Cc1ccc(I)cc1)c1ccc(I)cc12. The molecule has 3 heterocycles. The molecule has 1 saturated heterocycles. The van der Waals surface area contributed by atoms with Crippen molar-refractivity contribution >= 4 is 65.2 Å². The van der Waals surface area contributed by atoms with Crippen molar-refractivity contribution in [3.63, 3.8) is 0 Å². The Morgan fingerprint density at radius 3 is 2.45 bits per heavy atom. The molecule has 2 aliphatic rings. The van der Waals surface area contributed by atoms with Gasteiger partial charge in [0.2, 0.25) is 8.41 Å². The monoisotopic (exact) mass is 836 g/mol. The van der Waals surface area contributed by atoms with E-state index in [-0.39, 0.29) is 24.3 Å². The number of hydrogen-bond donors (Lipinski definition) is 1. The largest absolute Gasteiger partial charge is 0.395 e. The van der Waals surface area contributed by atoms with E-state index in [1.807, 2.05) is 90.8 Å². The summed E-state index contributed by atoms with van der Waals surface area (Å²) < 4.78 is 27.0. The van der Waals surface area contributed by atoms with Crippen molar-refractivity contribution in [2.75, 3.05) is 11.5 Å². The molecule has 4 aromatic rings. The summed E-state index contributed by atoms with van der Waals surface area (Å²) in [4.78, 5) is 16.4. The fourth-order valence-electron chi connectivity index (χ4n) is 7.12. The summed E-state index contributed by atoms with van der Waals surface area (Å²) >= 11 is 4.54. The van der Waals surface area contributed by atoms with Gasteiger partial charge in [-0.15, -0.1) is 5.10 Å². The van der Waals surface area contributed by atoms with E-state index < -0.39 is 25.7 Å². The zero-order chi connectivity index (χ0) is 31.2. The highest BCUT2D eigenvalue weighted by Gasteiger charge is 2.66.